The predicted octanol–water partition coefficient (Wildman–Crippen LogP) is 5.69. The summed E-state index contributed by atoms with van der Waals surface area (Å²) in [4.78, 5) is 17.2. The number of aromatic nitrogens is 3. The number of anilines is 1. The van der Waals surface area contributed by atoms with E-state index in [1.165, 1.54) is 31.2 Å². The molecule has 37 heavy (non-hydrogen) atoms. The van der Waals surface area contributed by atoms with Crippen LogP contribution >= 0.6 is 0 Å². The van der Waals surface area contributed by atoms with Crippen molar-refractivity contribution in [2.24, 2.45) is 0 Å². The van der Waals surface area contributed by atoms with Crippen LogP contribution in [0.15, 0.2) is 35.2 Å². The molecule has 1 amide bonds. The van der Waals surface area contributed by atoms with Gasteiger partial charge >= 0.3 is 6.18 Å². The Bertz CT molecular complexity index is 1500. The maximum absolute atomic E-state index is 14.9. The van der Waals surface area contributed by atoms with Crippen LogP contribution in [0.1, 0.15) is 45.8 Å². The van der Waals surface area contributed by atoms with Gasteiger partial charge in [-0.1, -0.05) is 6.07 Å². The maximum Gasteiger partial charge on any atom is 0.435 e. The second-order valence-electron chi connectivity index (χ2n) is 8.65. The van der Waals surface area contributed by atoms with Crippen molar-refractivity contribution in [3.63, 3.8) is 0 Å². The average Bonchev–Trinajstić information content (AvgIpc) is 3.53. The van der Waals surface area contributed by atoms with Gasteiger partial charge in [0.25, 0.3) is 11.8 Å². The Morgan fingerprint density at radius 2 is 1.86 bits per heavy atom. The third-order valence-corrected chi connectivity index (χ3v) is 6.82. The number of aryl methyl sites for hydroxylation is 1. The van der Waals surface area contributed by atoms with E-state index in [4.69, 9.17) is 9.52 Å². The molecular formula is C23H20F5N5O3S. The van der Waals surface area contributed by atoms with Crippen molar-refractivity contribution in [1.29, 1.82) is 4.78 Å². The number of nitrogens with zero attached hydrogens (tertiary/aromatic N) is 3. The van der Waals surface area contributed by atoms with E-state index in [-0.39, 0.29) is 34.8 Å². The van der Waals surface area contributed by atoms with E-state index >= 15 is 0 Å². The lowest BCUT2D eigenvalue weighted by atomic mass is 10.1. The molecule has 0 radical (unpaired) electrons. The molecule has 0 saturated heterocycles. The smallest absolute Gasteiger partial charge is 0.432 e. The number of ether oxygens (including phenoxy) is 1. The summed E-state index contributed by atoms with van der Waals surface area (Å²) >= 11 is 0. The molecule has 1 aliphatic carbocycles. The SMILES string of the molecule is Cc1nc(C2(F)CC2)cc(F)c1Oc1nnc(C(F)(F)F)c(C)c1C(=O)Nc1cccc(S(C)(=N)=O)c1. The Morgan fingerprint density at radius 1 is 1.19 bits per heavy atom. The fourth-order valence-electron chi connectivity index (χ4n) is 3.55. The summed E-state index contributed by atoms with van der Waals surface area (Å²) in [7, 11) is -3.15. The third kappa shape index (κ3) is 5.38. The molecule has 0 aliphatic heterocycles. The van der Waals surface area contributed by atoms with Gasteiger partial charge < -0.3 is 10.1 Å². The minimum atomic E-state index is -4.96. The summed E-state index contributed by atoms with van der Waals surface area (Å²) < 4.78 is 94.9. The lowest BCUT2D eigenvalue weighted by Gasteiger charge is -2.17. The Hall–Kier alpha value is -3.68. The van der Waals surface area contributed by atoms with Crippen molar-refractivity contribution in [1.82, 2.24) is 15.2 Å². The lowest BCUT2D eigenvalue weighted by molar-refractivity contribution is -0.142. The molecule has 1 unspecified atom stereocenters. The first-order valence-electron chi connectivity index (χ1n) is 10.7. The number of carbonyl (C=O) groups is 1. The molecule has 2 aromatic heterocycles. The van der Waals surface area contributed by atoms with Gasteiger partial charge in [-0.3, -0.25) is 9.78 Å². The summed E-state index contributed by atoms with van der Waals surface area (Å²) in [5, 5.41) is 8.87. The van der Waals surface area contributed by atoms with Crippen LogP contribution in [0.3, 0.4) is 0 Å². The molecule has 0 spiro atoms. The van der Waals surface area contributed by atoms with E-state index in [1.54, 1.807) is 0 Å². The highest BCUT2D eigenvalue weighted by atomic mass is 32.2. The number of pyridine rings is 1. The molecule has 196 valence electrons. The standard InChI is InChI=1S/C23H20F5N5O3S/c1-11-17(20(34)31-13-5-4-6-14(9-13)37(3,29)35)21(33-32-19(11)23(26,27)28)36-18-12(2)30-16(10-15(18)24)22(25)7-8-22/h4-6,9-10,29H,7-8H2,1-3H3,(H,31,34). The normalized spacial score (nSPS) is 16.1. The zero-order chi connectivity index (χ0) is 27.3. The van der Waals surface area contributed by atoms with Crippen LogP contribution in [0.4, 0.5) is 27.6 Å². The molecule has 8 nitrogen and oxygen atoms in total. The Labute approximate surface area is 208 Å². The number of alkyl halides is 4. The highest BCUT2D eigenvalue weighted by Crippen LogP contribution is 2.49. The van der Waals surface area contributed by atoms with Crippen molar-refractivity contribution < 1.29 is 35.7 Å². The number of rotatable bonds is 6. The van der Waals surface area contributed by atoms with E-state index < -0.39 is 61.7 Å². The largest absolute Gasteiger partial charge is 0.435 e. The van der Waals surface area contributed by atoms with Crippen LogP contribution in [0, 0.1) is 24.4 Å². The molecule has 0 bridgehead atoms. The summed E-state index contributed by atoms with van der Waals surface area (Å²) in [6.45, 7) is 2.29. The fraction of sp³-hybridized carbons (Fsp3) is 0.304. The van der Waals surface area contributed by atoms with Crippen molar-refractivity contribution in [3.8, 4) is 11.6 Å². The zero-order valence-electron chi connectivity index (χ0n) is 19.7. The Kier molecular flexibility index (Phi) is 6.42. The molecular weight excluding hydrogens is 521 g/mol. The van der Waals surface area contributed by atoms with Gasteiger partial charge in [-0.2, -0.15) is 13.2 Å². The van der Waals surface area contributed by atoms with Gasteiger partial charge in [-0.25, -0.2) is 17.8 Å². The van der Waals surface area contributed by atoms with E-state index in [0.29, 0.717) is 0 Å². The Morgan fingerprint density at radius 3 is 2.43 bits per heavy atom. The summed E-state index contributed by atoms with van der Waals surface area (Å²) in [6, 6.07) is 6.24. The van der Waals surface area contributed by atoms with Crippen molar-refractivity contribution in [3.05, 3.63) is 64.4 Å². The first-order valence-corrected chi connectivity index (χ1v) is 12.7. The predicted molar refractivity (Wildman–Crippen MR) is 122 cm³/mol. The molecule has 4 rings (SSSR count). The molecule has 1 aromatic carbocycles. The first kappa shape index (κ1) is 26.4. The fourth-order valence-corrected chi connectivity index (χ4v) is 4.24. The number of hydrogen-bond acceptors (Lipinski definition) is 7. The van der Waals surface area contributed by atoms with Gasteiger partial charge in [-0.15, -0.1) is 10.2 Å². The van der Waals surface area contributed by atoms with Crippen molar-refractivity contribution in [2.75, 3.05) is 11.6 Å². The molecule has 1 fully saturated rings. The van der Waals surface area contributed by atoms with Gasteiger partial charge in [0.15, 0.2) is 22.9 Å². The minimum Gasteiger partial charge on any atom is -0.432 e. The van der Waals surface area contributed by atoms with Crippen LogP contribution in [-0.2, 0) is 21.6 Å². The number of carbonyl (C=O) groups excluding carboxylic acids is 1. The van der Waals surface area contributed by atoms with E-state index in [0.717, 1.165) is 19.2 Å². The zero-order valence-corrected chi connectivity index (χ0v) is 20.5. The number of nitrogens with one attached hydrogen (secondary N) is 2. The van der Waals surface area contributed by atoms with Gasteiger partial charge in [0.1, 0.15) is 5.56 Å². The van der Waals surface area contributed by atoms with Crippen LogP contribution < -0.4 is 10.1 Å². The van der Waals surface area contributed by atoms with Crippen LogP contribution in [0.25, 0.3) is 0 Å². The number of amides is 1. The highest BCUT2D eigenvalue weighted by Gasteiger charge is 2.47. The van der Waals surface area contributed by atoms with E-state index in [2.05, 4.69) is 20.5 Å². The van der Waals surface area contributed by atoms with Crippen LogP contribution in [0.2, 0.25) is 0 Å². The molecule has 1 saturated carbocycles. The van der Waals surface area contributed by atoms with Gasteiger partial charge in [-0.05, 0) is 50.5 Å². The quantitative estimate of drug-likeness (QED) is 0.388. The molecule has 2 heterocycles. The molecule has 1 atom stereocenters. The Balaban J connectivity index is 1.77. The molecule has 3 aromatic rings. The second kappa shape index (κ2) is 9.01. The molecule has 2 N–H and O–H groups in total. The third-order valence-electron chi connectivity index (χ3n) is 5.67. The number of halogens is 5. The first-order chi connectivity index (χ1) is 17.1. The van der Waals surface area contributed by atoms with E-state index in [9.17, 15) is 31.0 Å². The topological polar surface area (TPSA) is 118 Å². The maximum atomic E-state index is 14.9. The summed E-state index contributed by atoms with van der Waals surface area (Å²) in [5.41, 5.74) is -4.74. The average molecular weight is 542 g/mol. The highest BCUT2D eigenvalue weighted by molar-refractivity contribution is 7.91. The van der Waals surface area contributed by atoms with Crippen molar-refractivity contribution >= 4 is 21.3 Å². The molecule has 1 aliphatic rings. The number of hydrogen-bond donors (Lipinski definition) is 2. The lowest BCUT2D eigenvalue weighted by Crippen LogP contribution is -2.21. The van der Waals surface area contributed by atoms with Crippen LogP contribution in [0.5, 0.6) is 11.6 Å². The molecule has 14 heteroatoms. The van der Waals surface area contributed by atoms with Gasteiger partial charge in [0, 0.05) is 22.9 Å². The van der Waals surface area contributed by atoms with E-state index in [1.807, 2.05) is 0 Å². The van der Waals surface area contributed by atoms with Crippen LogP contribution in [-0.4, -0.2) is 31.6 Å². The number of benzene rings is 1. The summed E-state index contributed by atoms with van der Waals surface area (Å²) in [5.74, 6) is -3.45. The minimum absolute atomic E-state index is 0.0334. The summed E-state index contributed by atoms with van der Waals surface area (Å²) in [6.07, 6.45) is -3.44. The second-order valence-corrected chi connectivity index (χ2v) is 10.8. The van der Waals surface area contributed by atoms with Crippen molar-refractivity contribution in [2.45, 2.75) is 43.4 Å². The van der Waals surface area contributed by atoms with Gasteiger partial charge in [0.05, 0.1) is 21.1 Å². The monoisotopic (exact) mass is 541 g/mol. The van der Waals surface area contributed by atoms with Gasteiger partial charge in [0.2, 0.25) is 0 Å².